The standard InChI is InChI=1S/C25H30Cl2N2O3/c1-3-23(25(31)28-20-6-4-5-7-20)29(15-18-8-10-19(26)11-9-18)24(30)16-32-21-12-13-22(27)17(2)14-21/h8-14,20,23H,3-7,15-16H2,1-2H3,(H,28,31). The van der Waals surface area contributed by atoms with Gasteiger partial charge in [0, 0.05) is 22.6 Å². The normalized spacial score (nSPS) is 14.8. The molecule has 7 heteroatoms. The first-order valence-corrected chi connectivity index (χ1v) is 11.9. The Morgan fingerprint density at radius 3 is 2.44 bits per heavy atom. The fourth-order valence-electron chi connectivity index (χ4n) is 4.01. The van der Waals surface area contributed by atoms with Crippen molar-refractivity contribution in [1.82, 2.24) is 10.2 Å². The van der Waals surface area contributed by atoms with E-state index in [1.54, 1.807) is 35.2 Å². The van der Waals surface area contributed by atoms with Gasteiger partial charge < -0.3 is 15.0 Å². The summed E-state index contributed by atoms with van der Waals surface area (Å²) < 4.78 is 5.75. The van der Waals surface area contributed by atoms with Crippen LogP contribution in [0.4, 0.5) is 0 Å². The van der Waals surface area contributed by atoms with Crippen molar-refractivity contribution in [3.63, 3.8) is 0 Å². The predicted octanol–water partition coefficient (Wildman–Crippen LogP) is 5.55. The van der Waals surface area contributed by atoms with Gasteiger partial charge in [-0.15, -0.1) is 0 Å². The third-order valence-corrected chi connectivity index (χ3v) is 6.52. The second kappa shape index (κ2) is 11.6. The fourth-order valence-corrected chi connectivity index (χ4v) is 4.25. The molecular weight excluding hydrogens is 447 g/mol. The van der Waals surface area contributed by atoms with Gasteiger partial charge in [0.2, 0.25) is 5.91 Å². The van der Waals surface area contributed by atoms with E-state index < -0.39 is 6.04 Å². The highest BCUT2D eigenvalue weighted by molar-refractivity contribution is 6.31. The summed E-state index contributed by atoms with van der Waals surface area (Å²) in [6.45, 7) is 3.94. The average molecular weight is 477 g/mol. The van der Waals surface area contributed by atoms with Gasteiger partial charge in [-0.1, -0.05) is 55.1 Å². The zero-order valence-corrected chi connectivity index (χ0v) is 20.1. The number of benzene rings is 2. The number of aryl methyl sites for hydroxylation is 1. The van der Waals surface area contributed by atoms with Gasteiger partial charge in [0.15, 0.2) is 6.61 Å². The van der Waals surface area contributed by atoms with Crippen LogP contribution in [-0.2, 0) is 16.1 Å². The van der Waals surface area contributed by atoms with Crippen LogP contribution in [0.5, 0.6) is 5.75 Å². The van der Waals surface area contributed by atoms with E-state index >= 15 is 0 Å². The minimum Gasteiger partial charge on any atom is -0.484 e. The molecule has 1 aliphatic carbocycles. The summed E-state index contributed by atoms with van der Waals surface area (Å²) in [5.41, 5.74) is 1.77. The Morgan fingerprint density at radius 2 is 1.81 bits per heavy atom. The Labute approximate surface area is 200 Å². The molecule has 0 saturated heterocycles. The highest BCUT2D eigenvalue weighted by Crippen LogP contribution is 2.22. The maximum absolute atomic E-state index is 13.3. The average Bonchev–Trinajstić information content (AvgIpc) is 3.28. The van der Waals surface area contributed by atoms with Crippen LogP contribution in [0.15, 0.2) is 42.5 Å². The summed E-state index contributed by atoms with van der Waals surface area (Å²) in [5.74, 6) is 0.208. The van der Waals surface area contributed by atoms with Crippen molar-refractivity contribution in [3.05, 3.63) is 63.6 Å². The van der Waals surface area contributed by atoms with Gasteiger partial charge in [-0.2, -0.15) is 0 Å². The topological polar surface area (TPSA) is 58.6 Å². The third kappa shape index (κ3) is 6.63. The molecule has 2 aromatic rings. The molecule has 2 amide bonds. The molecule has 0 heterocycles. The Bertz CT molecular complexity index is 927. The summed E-state index contributed by atoms with van der Waals surface area (Å²) in [4.78, 5) is 28.0. The molecule has 1 fully saturated rings. The Balaban J connectivity index is 1.75. The number of carbonyl (C=O) groups excluding carboxylic acids is 2. The van der Waals surface area contributed by atoms with Gasteiger partial charge in [0.25, 0.3) is 5.91 Å². The molecule has 32 heavy (non-hydrogen) atoms. The molecule has 0 radical (unpaired) electrons. The molecule has 2 aromatic carbocycles. The Kier molecular flexibility index (Phi) is 8.83. The number of hydrogen-bond acceptors (Lipinski definition) is 3. The quantitative estimate of drug-likeness (QED) is 0.516. The lowest BCUT2D eigenvalue weighted by Crippen LogP contribution is -2.52. The van der Waals surface area contributed by atoms with Crippen LogP contribution in [0.25, 0.3) is 0 Å². The van der Waals surface area contributed by atoms with Crippen LogP contribution < -0.4 is 10.1 Å². The molecule has 0 spiro atoms. The van der Waals surface area contributed by atoms with Crippen molar-refractivity contribution in [2.75, 3.05) is 6.61 Å². The van der Waals surface area contributed by atoms with Crippen molar-refractivity contribution >= 4 is 35.0 Å². The summed E-state index contributed by atoms with van der Waals surface area (Å²) in [6, 6.07) is 12.2. The van der Waals surface area contributed by atoms with Crippen molar-refractivity contribution < 1.29 is 14.3 Å². The number of carbonyl (C=O) groups is 2. The monoisotopic (exact) mass is 476 g/mol. The van der Waals surface area contributed by atoms with Crippen molar-refractivity contribution in [3.8, 4) is 5.75 Å². The number of halogens is 2. The summed E-state index contributed by atoms with van der Waals surface area (Å²) in [6.07, 6.45) is 4.75. The molecular formula is C25H30Cl2N2O3. The van der Waals surface area contributed by atoms with E-state index in [1.165, 1.54) is 0 Å². The second-order valence-corrected chi connectivity index (χ2v) is 9.11. The highest BCUT2D eigenvalue weighted by Gasteiger charge is 2.30. The van der Waals surface area contributed by atoms with E-state index in [0.29, 0.717) is 28.8 Å². The molecule has 0 aromatic heterocycles. The zero-order valence-electron chi connectivity index (χ0n) is 18.6. The van der Waals surface area contributed by atoms with E-state index in [2.05, 4.69) is 5.32 Å². The van der Waals surface area contributed by atoms with Gasteiger partial charge >= 0.3 is 0 Å². The van der Waals surface area contributed by atoms with E-state index in [9.17, 15) is 9.59 Å². The van der Waals surface area contributed by atoms with Gasteiger partial charge in [0.05, 0.1) is 0 Å². The van der Waals surface area contributed by atoms with Crippen LogP contribution in [0.1, 0.15) is 50.2 Å². The van der Waals surface area contributed by atoms with Crippen molar-refractivity contribution in [1.29, 1.82) is 0 Å². The lowest BCUT2D eigenvalue weighted by molar-refractivity contribution is -0.143. The molecule has 0 bridgehead atoms. The van der Waals surface area contributed by atoms with Crippen molar-refractivity contribution in [2.24, 2.45) is 0 Å². The number of hydrogen-bond donors (Lipinski definition) is 1. The van der Waals surface area contributed by atoms with E-state index in [4.69, 9.17) is 27.9 Å². The summed E-state index contributed by atoms with van der Waals surface area (Å²) >= 11 is 12.1. The molecule has 1 N–H and O–H groups in total. The maximum atomic E-state index is 13.3. The van der Waals surface area contributed by atoms with Gasteiger partial charge in [-0.3, -0.25) is 9.59 Å². The molecule has 1 atom stereocenters. The summed E-state index contributed by atoms with van der Waals surface area (Å²) in [5, 5.41) is 4.40. The van der Waals surface area contributed by atoms with Gasteiger partial charge in [-0.05, 0) is 67.6 Å². The molecule has 5 nitrogen and oxygen atoms in total. The fraction of sp³-hybridized carbons (Fsp3) is 0.440. The Hall–Kier alpha value is -2.24. The Morgan fingerprint density at radius 1 is 1.12 bits per heavy atom. The molecule has 172 valence electrons. The van der Waals surface area contributed by atoms with E-state index in [0.717, 1.165) is 36.8 Å². The van der Waals surface area contributed by atoms with Gasteiger partial charge in [0.1, 0.15) is 11.8 Å². The van der Waals surface area contributed by atoms with E-state index in [-0.39, 0.29) is 24.5 Å². The first-order chi connectivity index (χ1) is 15.4. The van der Waals surface area contributed by atoms with Crippen molar-refractivity contribution in [2.45, 2.75) is 64.6 Å². The molecule has 3 rings (SSSR count). The number of ether oxygens (including phenoxy) is 1. The smallest absolute Gasteiger partial charge is 0.261 e. The van der Waals surface area contributed by atoms with Crippen LogP contribution in [0, 0.1) is 6.92 Å². The first-order valence-electron chi connectivity index (χ1n) is 11.1. The lowest BCUT2D eigenvalue weighted by Gasteiger charge is -2.31. The summed E-state index contributed by atoms with van der Waals surface area (Å²) in [7, 11) is 0. The SMILES string of the molecule is CCC(C(=O)NC1CCCC1)N(Cc1ccc(Cl)cc1)C(=O)COc1ccc(Cl)c(C)c1. The largest absolute Gasteiger partial charge is 0.484 e. The van der Waals surface area contributed by atoms with E-state index in [1.807, 2.05) is 26.0 Å². The minimum absolute atomic E-state index is 0.107. The number of nitrogens with one attached hydrogen (secondary N) is 1. The molecule has 1 unspecified atom stereocenters. The van der Waals surface area contributed by atoms with Crippen LogP contribution in [0.3, 0.4) is 0 Å². The molecule has 1 saturated carbocycles. The molecule has 1 aliphatic rings. The van der Waals surface area contributed by atoms with Crippen LogP contribution >= 0.6 is 23.2 Å². The number of nitrogens with zero attached hydrogens (tertiary/aromatic N) is 1. The zero-order chi connectivity index (χ0) is 23.1. The molecule has 0 aliphatic heterocycles. The van der Waals surface area contributed by atoms with Crippen LogP contribution in [-0.4, -0.2) is 35.4 Å². The highest BCUT2D eigenvalue weighted by atomic mass is 35.5. The second-order valence-electron chi connectivity index (χ2n) is 8.26. The number of rotatable bonds is 9. The van der Waals surface area contributed by atoms with Gasteiger partial charge in [-0.25, -0.2) is 0 Å². The maximum Gasteiger partial charge on any atom is 0.261 e. The first kappa shape index (κ1) is 24.4. The van der Waals surface area contributed by atoms with Crippen LogP contribution in [0.2, 0.25) is 10.0 Å². The minimum atomic E-state index is -0.575. The third-order valence-electron chi connectivity index (χ3n) is 5.85. The predicted molar refractivity (Wildman–Crippen MR) is 128 cm³/mol. The lowest BCUT2D eigenvalue weighted by atomic mass is 10.1. The number of amides is 2.